The molecular weight excluding hydrogens is 288 g/mol. The summed E-state index contributed by atoms with van der Waals surface area (Å²) in [7, 11) is 0. The van der Waals surface area contributed by atoms with E-state index in [1.807, 2.05) is 0 Å². The highest BCUT2D eigenvalue weighted by Gasteiger charge is 2.31. The molecule has 2 N–H and O–H groups in total. The Morgan fingerprint density at radius 2 is 1.95 bits per heavy atom. The summed E-state index contributed by atoms with van der Waals surface area (Å²) in [5.74, 6) is -1.80. The first kappa shape index (κ1) is 15.0. The number of benzene rings is 1. The van der Waals surface area contributed by atoms with Gasteiger partial charge in [-0.3, -0.25) is 9.78 Å². The molecule has 7 heteroatoms. The van der Waals surface area contributed by atoms with Gasteiger partial charge in [-0.05, 0) is 24.3 Å². The molecule has 0 aliphatic rings. The van der Waals surface area contributed by atoms with Crippen LogP contribution >= 0.6 is 0 Å². The first-order valence-electron chi connectivity index (χ1n) is 5.87. The van der Waals surface area contributed by atoms with Crippen LogP contribution in [0.5, 0.6) is 0 Å². The number of alkyl halides is 3. The standard InChI is InChI=1S/C14H10F4N2O/c15-11-2-1-9(14(16,17)18)6-10(11)13(21)5-8-7-20-4-3-12(8)19/h1-4,6-7H,5H2,(H2,19,20). The van der Waals surface area contributed by atoms with Crippen LogP contribution in [-0.4, -0.2) is 10.8 Å². The van der Waals surface area contributed by atoms with Crippen molar-refractivity contribution in [1.82, 2.24) is 4.98 Å². The lowest BCUT2D eigenvalue weighted by atomic mass is 10.0. The first-order valence-corrected chi connectivity index (χ1v) is 5.87. The maximum atomic E-state index is 13.6. The number of halogens is 4. The predicted octanol–water partition coefficient (Wildman–Crippen LogP) is 3.25. The summed E-state index contributed by atoms with van der Waals surface area (Å²) in [6, 6.07) is 3.17. The molecule has 0 aliphatic carbocycles. The normalized spacial score (nSPS) is 11.4. The van der Waals surface area contributed by atoms with E-state index in [2.05, 4.69) is 4.98 Å². The number of aromatic nitrogens is 1. The van der Waals surface area contributed by atoms with Gasteiger partial charge in [-0.15, -0.1) is 0 Å². The molecule has 0 atom stereocenters. The number of hydrogen-bond donors (Lipinski definition) is 1. The maximum absolute atomic E-state index is 13.6. The van der Waals surface area contributed by atoms with Gasteiger partial charge in [-0.2, -0.15) is 13.2 Å². The van der Waals surface area contributed by atoms with Crippen LogP contribution in [0.4, 0.5) is 23.2 Å². The molecular formula is C14H10F4N2O. The van der Waals surface area contributed by atoms with Crippen LogP contribution in [0.1, 0.15) is 21.5 Å². The Bertz CT molecular complexity index is 683. The van der Waals surface area contributed by atoms with Crippen LogP contribution in [0, 0.1) is 5.82 Å². The van der Waals surface area contributed by atoms with Gasteiger partial charge < -0.3 is 5.73 Å². The highest BCUT2D eigenvalue weighted by Crippen LogP contribution is 2.30. The van der Waals surface area contributed by atoms with E-state index in [-0.39, 0.29) is 12.1 Å². The van der Waals surface area contributed by atoms with Crippen molar-refractivity contribution >= 4 is 11.5 Å². The Morgan fingerprint density at radius 3 is 2.57 bits per heavy atom. The van der Waals surface area contributed by atoms with Gasteiger partial charge in [0.05, 0.1) is 11.1 Å². The molecule has 0 saturated carbocycles. The quantitative estimate of drug-likeness (QED) is 0.699. The predicted molar refractivity (Wildman–Crippen MR) is 68.1 cm³/mol. The molecule has 2 rings (SSSR count). The summed E-state index contributed by atoms with van der Waals surface area (Å²) < 4.78 is 51.3. The second-order valence-corrected chi connectivity index (χ2v) is 4.37. The smallest absolute Gasteiger partial charge is 0.398 e. The van der Waals surface area contributed by atoms with Gasteiger partial charge in [0.2, 0.25) is 0 Å². The summed E-state index contributed by atoms with van der Waals surface area (Å²) in [5.41, 5.74) is 4.53. The first-order chi connectivity index (χ1) is 9.79. The number of hydrogen-bond acceptors (Lipinski definition) is 3. The SMILES string of the molecule is Nc1ccncc1CC(=O)c1cc(C(F)(F)F)ccc1F. The fourth-order valence-corrected chi connectivity index (χ4v) is 1.77. The zero-order valence-corrected chi connectivity index (χ0v) is 10.6. The van der Waals surface area contributed by atoms with Crippen molar-refractivity contribution in [2.75, 3.05) is 5.73 Å². The zero-order chi connectivity index (χ0) is 15.6. The average molecular weight is 298 g/mol. The summed E-state index contributed by atoms with van der Waals surface area (Å²) >= 11 is 0. The zero-order valence-electron chi connectivity index (χ0n) is 10.6. The van der Waals surface area contributed by atoms with Crippen molar-refractivity contribution in [2.45, 2.75) is 12.6 Å². The minimum absolute atomic E-state index is 0.269. The number of pyridine rings is 1. The number of nitrogens with two attached hydrogens (primary N) is 1. The van der Waals surface area contributed by atoms with E-state index in [1.165, 1.54) is 18.5 Å². The van der Waals surface area contributed by atoms with E-state index in [1.54, 1.807) is 0 Å². The number of anilines is 1. The molecule has 1 aromatic heterocycles. The largest absolute Gasteiger partial charge is 0.416 e. The van der Waals surface area contributed by atoms with E-state index in [0.717, 1.165) is 0 Å². The number of Topliss-reactive ketones (excluding diaryl/α,β-unsaturated/α-hetero) is 1. The van der Waals surface area contributed by atoms with E-state index in [9.17, 15) is 22.4 Å². The second kappa shape index (κ2) is 5.51. The van der Waals surface area contributed by atoms with Crippen molar-refractivity contribution in [1.29, 1.82) is 0 Å². The highest BCUT2D eigenvalue weighted by molar-refractivity contribution is 5.98. The third-order valence-corrected chi connectivity index (χ3v) is 2.89. The Hall–Kier alpha value is -2.44. The van der Waals surface area contributed by atoms with Crippen LogP contribution in [0.2, 0.25) is 0 Å². The van der Waals surface area contributed by atoms with Crippen LogP contribution in [0.15, 0.2) is 36.7 Å². The summed E-state index contributed by atoms with van der Waals surface area (Å²) in [4.78, 5) is 15.7. The Balaban J connectivity index is 2.33. The molecule has 110 valence electrons. The van der Waals surface area contributed by atoms with Crippen molar-refractivity contribution in [2.24, 2.45) is 0 Å². The molecule has 21 heavy (non-hydrogen) atoms. The molecule has 3 nitrogen and oxygen atoms in total. The van der Waals surface area contributed by atoms with E-state index >= 15 is 0 Å². The number of ketones is 1. The van der Waals surface area contributed by atoms with Crippen molar-refractivity contribution in [3.8, 4) is 0 Å². The highest BCUT2D eigenvalue weighted by atomic mass is 19.4. The van der Waals surface area contributed by atoms with Crippen molar-refractivity contribution < 1.29 is 22.4 Å². The minimum atomic E-state index is -4.64. The topological polar surface area (TPSA) is 56.0 Å². The Labute approximate surface area is 117 Å². The molecule has 2 aromatic rings. The molecule has 0 aliphatic heterocycles. The molecule has 1 aromatic carbocycles. The van der Waals surface area contributed by atoms with E-state index in [4.69, 9.17) is 5.73 Å². The lowest BCUT2D eigenvalue weighted by Gasteiger charge is -2.10. The number of carbonyl (C=O) groups is 1. The van der Waals surface area contributed by atoms with Crippen molar-refractivity contribution in [3.63, 3.8) is 0 Å². The third kappa shape index (κ3) is 3.36. The van der Waals surface area contributed by atoms with Crippen LogP contribution < -0.4 is 5.73 Å². The molecule has 1 heterocycles. The molecule has 0 unspecified atom stereocenters. The molecule has 0 amide bonds. The van der Waals surface area contributed by atoms with Crippen LogP contribution in [0.25, 0.3) is 0 Å². The monoisotopic (exact) mass is 298 g/mol. The minimum Gasteiger partial charge on any atom is -0.398 e. The number of carbonyl (C=O) groups excluding carboxylic acids is 1. The maximum Gasteiger partial charge on any atom is 0.416 e. The fourth-order valence-electron chi connectivity index (χ4n) is 1.77. The third-order valence-electron chi connectivity index (χ3n) is 2.89. The van der Waals surface area contributed by atoms with E-state index < -0.39 is 28.9 Å². The Kier molecular flexibility index (Phi) is 3.93. The lowest BCUT2D eigenvalue weighted by molar-refractivity contribution is -0.137. The van der Waals surface area contributed by atoms with Gasteiger partial charge in [0.15, 0.2) is 5.78 Å². The van der Waals surface area contributed by atoms with Gasteiger partial charge in [0.1, 0.15) is 5.82 Å². The summed E-state index contributed by atoms with van der Waals surface area (Å²) in [6.07, 6.45) is -2.24. The van der Waals surface area contributed by atoms with Crippen molar-refractivity contribution in [3.05, 3.63) is 59.2 Å². The number of rotatable bonds is 3. The average Bonchev–Trinajstić information content (AvgIpc) is 2.40. The molecule has 0 saturated heterocycles. The van der Waals surface area contributed by atoms with Gasteiger partial charge in [0, 0.05) is 30.1 Å². The molecule has 0 bridgehead atoms. The van der Waals surface area contributed by atoms with Gasteiger partial charge >= 0.3 is 6.18 Å². The fraction of sp³-hybridized carbons (Fsp3) is 0.143. The number of nitrogens with zero attached hydrogens (tertiary/aromatic N) is 1. The van der Waals surface area contributed by atoms with Crippen LogP contribution in [-0.2, 0) is 12.6 Å². The summed E-state index contributed by atoms with van der Waals surface area (Å²) in [5, 5.41) is 0. The molecule has 0 radical (unpaired) electrons. The second-order valence-electron chi connectivity index (χ2n) is 4.37. The van der Waals surface area contributed by atoms with E-state index in [0.29, 0.717) is 23.8 Å². The van der Waals surface area contributed by atoms with Gasteiger partial charge in [-0.25, -0.2) is 4.39 Å². The van der Waals surface area contributed by atoms with Crippen LogP contribution in [0.3, 0.4) is 0 Å². The lowest BCUT2D eigenvalue weighted by Crippen LogP contribution is -2.12. The van der Waals surface area contributed by atoms with Gasteiger partial charge in [0.25, 0.3) is 0 Å². The Morgan fingerprint density at radius 1 is 1.24 bits per heavy atom. The van der Waals surface area contributed by atoms with Gasteiger partial charge in [-0.1, -0.05) is 0 Å². The summed E-state index contributed by atoms with van der Waals surface area (Å²) in [6.45, 7) is 0. The molecule has 0 spiro atoms. The number of nitrogen functional groups attached to an aromatic ring is 1. The molecule has 0 fully saturated rings.